The average Bonchev–Trinajstić information content (AvgIpc) is 2.74. The molecule has 1 fully saturated rings. The fourth-order valence-corrected chi connectivity index (χ4v) is 3.85. The molecule has 1 aromatic heterocycles. The Balaban J connectivity index is 1.89. The molecule has 0 radical (unpaired) electrons. The molecule has 1 saturated heterocycles. The van der Waals surface area contributed by atoms with Crippen LogP contribution in [0.1, 0.15) is 12.8 Å². The first-order chi connectivity index (χ1) is 7.96. The molecule has 1 aliphatic heterocycles. The van der Waals surface area contributed by atoms with Crippen molar-refractivity contribution < 1.29 is 13.2 Å². The third-order valence-corrected chi connectivity index (χ3v) is 4.73. The first-order valence-corrected chi connectivity index (χ1v) is 7.27. The van der Waals surface area contributed by atoms with Gasteiger partial charge in [0.15, 0.2) is 9.84 Å². The molecule has 1 unspecified atom stereocenters. The summed E-state index contributed by atoms with van der Waals surface area (Å²) >= 11 is 0. The van der Waals surface area contributed by atoms with Gasteiger partial charge in [-0.2, -0.15) is 5.10 Å². The predicted molar refractivity (Wildman–Crippen MR) is 63.2 cm³/mol. The van der Waals surface area contributed by atoms with Crippen molar-refractivity contribution >= 4 is 21.6 Å². The molecule has 1 N–H and O–H groups in total. The van der Waals surface area contributed by atoms with Gasteiger partial charge in [-0.3, -0.25) is 9.48 Å². The second kappa shape index (κ2) is 4.48. The molecule has 6 nitrogen and oxygen atoms in total. The normalized spacial score (nSPS) is 22.5. The van der Waals surface area contributed by atoms with E-state index in [1.807, 2.05) is 0 Å². The van der Waals surface area contributed by atoms with Crippen LogP contribution in [0.15, 0.2) is 12.3 Å². The van der Waals surface area contributed by atoms with E-state index in [0.717, 1.165) is 0 Å². The van der Waals surface area contributed by atoms with E-state index in [-0.39, 0.29) is 29.8 Å². The summed E-state index contributed by atoms with van der Waals surface area (Å²) in [5.41, 5.74) is 0. The molecular weight excluding hydrogens is 242 g/mol. The van der Waals surface area contributed by atoms with Gasteiger partial charge in [-0.15, -0.1) is 0 Å². The van der Waals surface area contributed by atoms with E-state index in [2.05, 4.69) is 10.4 Å². The lowest BCUT2D eigenvalue weighted by Gasteiger charge is -2.08. The number of hydrogen-bond donors (Lipinski definition) is 1. The molecule has 17 heavy (non-hydrogen) atoms. The Morgan fingerprint density at radius 3 is 2.94 bits per heavy atom. The second-order valence-corrected chi connectivity index (χ2v) is 6.59. The number of aryl methyl sites for hydroxylation is 1. The van der Waals surface area contributed by atoms with E-state index in [9.17, 15) is 13.2 Å². The zero-order chi connectivity index (χ0) is 12.5. The number of carbonyl (C=O) groups excluding carboxylic acids is 1. The maximum absolute atomic E-state index is 11.7. The van der Waals surface area contributed by atoms with Crippen molar-refractivity contribution in [3.05, 3.63) is 12.3 Å². The van der Waals surface area contributed by atoms with Crippen molar-refractivity contribution in [1.82, 2.24) is 9.78 Å². The van der Waals surface area contributed by atoms with Crippen LogP contribution >= 0.6 is 0 Å². The van der Waals surface area contributed by atoms with Gasteiger partial charge in [0.25, 0.3) is 0 Å². The van der Waals surface area contributed by atoms with Gasteiger partial charge < -0.3 is 5.32 Å². The third-order valence-electron chi connectivity index (χ3n) is 2.89. The van der Waals surface area contributed by atoms with Gasteiger partial charge in [0.2, 0.25) is 5.91 Å². The van der Waals surface area contributed by atoms with E-state index in [1.54, 1.807) is 24.0 Å². The van der Waals surface area contributed by atoms with E-state index in [1.165, 1.54) is 0 Å². The minimum absolute atomic E-state index is 0.0479. The molecule has 0 spiro atoms. The van der Waals surface area contributed by atoms with Crippen LogP contribution in [0.3, 0.4) is 0 Å². The number of anilines is 1. The Kier molecular flexibility index (Phi) is 3.19. The molecule has 0 aromatic carbocycles. The first kappa shape index (κ1) is 12.1. The topological polar surface area (TPSA) is 81.1 Å². The zero-order valence-corrected chi connectivity index (χ0v) is 10.4. The Morgan fingerprint density at radius 2 is 2.41 bits per heavy atom. The summed E-state index contributed by atoms with van der Waals surface area (Å²) in [6.07, 6.45) is 2.43. The van der Waals surface area contributed by atoms with Crippen LogP contribution in [-0.4, -0.2) is 35.6 Å². The van der Waals surface area contributed by atoms with Gasteiger partial charge in [-0.25, -0.2) is 8.42 Å². The van der Waals surface area contributed by atoms with Crippen molar-refractivity contribution in [3.8, 4) is 0 Å². The number of aromatic nitrogens is 2. The summed E-state index contributed by atoms with van der Waals surface area (Å²) in [5.74, 6) is 0.752. The van der Waals surface area contributed by atoms with Crippen molar-refractivity contribution in [3.63, 3.8) is 0 Å². The number of sulfone groups is 1. The minimum Gasteiger partial charge on any atom is -0.311 e. The average molecular weight is 257 g/mol. The molecule has 0 aliphatic carbocycles. The Morgan fingerprint density at radius 1 is 1.65 bits per heavy atom. The van der Waals surface area contributed by atoms with Gasteiger partial charge in [0.1, 0.15) is 5.82 Å². The van der Waals surface area contributed by atoms with Gasteiger partial charge in [0.05, 0.1) is 17.7 Å². The smallest absolute Gasteiger partial charge is 0.225 e. The van der Waals surface area contributed by atoms with Crippen LogP contribution < -0.4 is 5.32 Å². The number of nitrogens with zero attached hydrogens (tertiary/aromatic N) is 2. The summed E-state index contributed by atoms with van der Waals surface area (Å²) < 4.78 is 24.1. The van der Waals surface area contributed by atoms with Crippen LogP contribution in [0.25, 0.3) is 0 Å². The lowest BCUT2D eigenvalue weighted by atomic mass is 10.1. The summed E-state index contributed by atoms with van der Waals surface area (Å²) in [7, 11) is -1.18. The van der Waals surface area contributed by atoms with Crippen LogP contribution in [-0.2, 0) is 21.7 Å². The molecule has 1 amide bonds. The van der Waals surface area contributed by atoms with Gasteiger partial charge in [0, 0.05) is 19.5 Å². The molecule has 0 saturated carbocycles. The molecular formula is C10H15N3O3S. The highest BCUT2D eigenvalue weighted by Crippen LogP contribution is 2.22. The number of carbonyl (C=O) groups is 1. The van der Waals surface area contributed by atoms with E-state index in [0.29, 0.717) is 12.2 Å². The summed E-state index contributed by atoms with van der Waals surface area (Å²) in [4.78, 5) is 11.7. The second-order valence-electron chi connectivity index (χ2n) is 4.36. The number of amides is 1. The van der Waals surface area contributed by atoms with Crippen molar-refractivity contribution in [2.45, 2.75) is 12.8 Å². The van der Waals surface area contributed by atoms with Crippen LogP contribution in [0.4, 0.5) is 5.82 Å². The molecule has 0 bridgehead atoms. The highest BCUT2D eigenvalue weighted by molar-refractivity contribution is 7.91. The summed E-state index contributed by atoms with van der Waals surface area (Å²) in [6, 6.07) is 1.70. The van der Waals surface area contributed by atoms with Crippen molar-refractivity contribution in [2.24, 2.45) is 13.0 Å². The molecule has 2 rings (SSSR count). The molecule has 1 atom stereocenters. The SMILES string of the molecule is Cn1nccc1NC(=O)CC1CCS(=O)(=O)C1. The maximum Gasteiger partial charge on any atom is 0.225 e. The van der Waals surface area contributed by atoms with Crippen molar-refractivity contribution in [1.29, 1.82) is 0 Å². The standard InChI is InChI=1S/C10H15N3O3S/c1-13-9(2-4-11-13)12-10(14)6-8-3-5-17(15,16)7-8/h2,4,8H,3,5-7H2,1H3,(H,12,14). The highest BCUT2D eigenvalue weighted by atomic mass is 32.2. The minimum atomic E-state index is -2.91. The molecule has 1 aromatic rings. The monoisotopic (exact) mass is 257 g/mol. The predicted octanol–water partition coefficient (Wildman–Crippen LogP) is 0.183. The highest BCUT2D eigenvalue weighted by Gasteiger charge is 2.29. The van der Waals surface area contributed by atoms with Gasteiger partial charge >= 0.3 is 0 Å². The van der Waals surface area contributed by atoms with Crippen molar-refractivity contribution in [2.75, 3.05) is 16.8 Å². The largest absolute Gasteiger partial charge is 0.311 e. The fraction of sp³-hybridized carbons (Fsp3) is 0.600. The molecule has 2 heterocycles. The lowest BCUT2D eigenvalue weighted by Crippen LogP contribution is -2.18. The van der Waals surface area contributed by atoms with Crippen LogP contribution in [0, 0.1) is 5.92 Å². The molecule has 7 heteroatoms. The fourth-order valence-electron chi connectivity index (χ4n) is 1.99. The quantitative estimate of drug-likeness (QED) is 0.837. The summed E-state index contributed by atoms with van der Waals surface area (Å²) in [5, 5.41) is 6.64. The Labute approximate surface area is 99.9 Å². The number of hydrogen-bond acceptors (Lipinski definition) is 4. The van der Waals surface area contributed by atoms with E-state index < -0.39 is 9.84 Å². The number of rotatable bonds is 3. The van der Waals surface area contributed by atoms with Crippen LogP contribution in [0.5, 0.6) is 0 Å². The lowest BCUT2D eigenvalue weighted by molar-refractivity contribution is -0.116. The van der Waals surface area contributed by atoms with E-state index >= 15 is 0 Å². The molecule has 94 valence electrons. The Bertz CT molecular complexity index is 521. The first-order valence-electron chi connectivity index (χ1n) is 5.44. The summed E-state index contributed by atoms with van der Waals surface area (Å²) in [6.45, 7) is 0. The maximum atomic E-state index is 11.7. The van der Waals surface area contributed by atoms with Gasteiger partial charge in [-0.05, 0) is 12.3 Å². The Hall–Kier alpha value is -1.37. The third kappa shape index (κ3) is 3.06. The van der Waals surface area contributed by atoms with E-state index in [4.69, 9.17) is 0 Å². The van der Waals surface area contributed by atoms with Gasteiger partial charge in [-0.1, -0.05) is 0 Å². The van der Waals surface area contributed by atoms with Crippen LogP contribution in [0.2, 0.25) is 0 Å². The zero-order valence-electron chi connectivity index (χ0n) is 9.59. The molecule has 1 aliphatic rings. The number of nitrogens with one attached hydrogen (secondary N) is 1.